The van der Waals surface area contributed by atoms with Gasteiger partial charge < -0.3 is 10.2 Å². The van der Waals surface area contributed by atoms with Crippen molar-refractivity contribution in [1.82, 2.24) is 0 Å². The van der Waals surface area contributed by atoms with E-state index in [4.69, 9.17) is 0 Å². The van der Waals surface area contributed by atoms with Crippen molar-refractivity contribution >= 4 is 0 Å². The SMILES string of the molecule is CC1=C[C@H](O)CC(C)(C)[C@H]1/C=C/C(C)=C/C=C/C(C)=C/C=C/C=C(C)/C=C/C=C(C)/C=C/C1=C(C)C[C@@H](O)CC1(C)C.[Fe]. The summed E-state index contributed by atoms with van der Waals surface area (Å²) in [5.74, 6) is 0.348. The normalized spacial score (nSPS) is 26.0. The Morgan fingerprint density at radius 3 is 1.72 bits per heavy atom. The van der Waals surface area contributed by atoms with E-state index in [-0.39, 0.29) is 40.1 Å². The third-order valence-corrected chi connectivity index (χ3v) is 8.33. The monoisotopic (exact) mass is 624 g/mol. The first-order valence-corrected chi connectivity index (χ1v) is 15.4. The Hall–Kier alpha value is -2.42. The van der Waals surface area contributed by atoms with E-state index in [0.29, 0.717) is 5.92 Å². The zero-order valence-electron chi connectivity index (χ0n) is 28.3. The Bertz CT molecular complexity index is 1280. The molecule has 3 heteroatoms. The molecule has 0 saturated heterocycles. The molecule has 0 aromatic carbocycles. The summed E-state index contributed by atoms with van der Waals surface area (Å²) in [5.41, 5.74) is 8.73. The van der Waals surface area contributed by atoms with Gasteiger partial charge in [-0.05, 0) is 77.2 Å². The number of hydrogen-bond donors (Lipinski definition) is 2. The Balaban J connectivity index is 0.00000924. The van der Waals surface area contributed by atoms with Gasteiger partial charge in [0.1, 0.15) is 0 Å². The first kappa shape index (κ1) is 38.6. The molecule has 2 aliphatic rings. The summed E-state index contributed by atoms with van der Waals surface area (Å²) in [6.07, 6.45) is 33.8. The van der Waals surface area contributed by atoms with Crippen molar-refractivity contribution in [1.29, 1.82) is 0 Å². The molecule has 43 heavy (non-hydrogen) atoms. The van der Waals surface area contributed by atoms with E-state index in [1.807, 2.05) is 6.08 Å². The second-order valence-corrected chi connectivity index (χ2v) is 13.7. The van der Waals surface area contributed by atoms with Gasteiger partial charge in [-0.1, -0.05) is 152 Å². The van der Waals surface area contributed by atoms with Crippen LogP contribution in [-0.2, 0) is 17.1 Å². The first-order valence-electron chi connectivity index (χ1n) is 15.4. The molecule has 2 nitrogen and oxygen atoms in total. The maximum absolute atomic E-state index is 10.1. The number of aliphatic hydroxyl groups is 2. The molecule has 3 atom stereocenters. The topological polar surface area (TPSA) is 40.5 Å². The zero-order valence-corrected chi connectivity index (χ0v) is 29.4. The van der Waals surface area contributed by atoms with E-state index < -0.39 is 0 Å². The van der Waals surface area contributed by atoms with Crippen molar-refractivity contribution in [3.63, 3.8) is 0 Å². The zero-order chi connectivity index (χ0) is 31.5. The van der Waals surface area contributed by atoms with Gasteiger partial charge in [0.05, 0.1) is 12.2 Å². The fraction of sp³-hybridized carbons (Fsp3) is 0.450. The second-order valence-electron chi connectivity index (χ2n) is 13.7. The van der Waals surface area contributed by atoms with Crippen LogP contribution in [0, 0.1) is 16.7 Å². The molecule has 2 rings (SSSR count). The summed E-state index contributed by atoms with van der Waals surface area (Å²) in [5, 5.41) is 20.2. The number of aliphatic hydroxyl groups excluding tert-OH is 2. The third-order valence-electron chi connectivity index (χ3n) is 8.33. The van der Waals surface area contributed by atoms with E-state index >= 15 is 0 Å². The van der Waals surface area contributed by atoms with Crippen LogP contribution in [0.1, 0.15) is 88.5 Å². The maximum Gasteiger partial charge on any atom is 0.0729 e. The van der Waals surface area contributed by atoms with Gasteiger partial charge in [-0.25, -0.2) is 0 Å². The van der Waals surface area contributed by atoms with Crippen molar-refractivity contribution in [3.8, 4) is 0 Å². The molecule has 0 fully saturated rings. The summed E-state index contributed by atoms with van der Waals surface area (Å²) >= 11 is 0. The Morgan fingerprint density at radius 2 is 1.21 bits per heavy atom. The van der Waals surface area contributed by atoms with Gasteiger partial charge in [0, 0.05) is 23.0 Å². The standard InChI is InChI=1S/C40H56O2.Fe/c1-29(17-13-19-31(3)21-23-37-33(5)25-35(41)27-39(37,7)8)15-11-12-16-30(2)18-14-20-32(4)22-24-38-34(6)26-36(42)28-40(38,9)10;/h11-25,35-37,41-42H,26-28H2,1-10H3;/b12-11+,17-13+,18-14+,23-21+,24-22+,29-15+,30-16+,31-19+,32-20+;/t35-,36+,37-;/m0./s1. The van der Waals surface area contributed by atoms with Crippen LogP contribution in [0.15, 0.2) is 130 Å². The molecule has 0 radical (unpaired) electrons. The minimum absolute atomic E-state index is 0. The van der Waals surface area contributed by atoms with Crippen LogP contribution in [-0.4, -0.2) is 22.4 Å². The first-order chi connectivity index (χ1) is 19.6. The van der Waals surface area contributed by atoms with Crippen LogP contribution in [0.25, 0.3) is 0 Å². The van der Waals surface area contributed by atoms with Crippen molar-refractivity contribution in [2.24, 2.45) is 16.7 Å². The largest absolute Gasteiger partial charge is 0.393 e. The molecule has 0 aromatic heterocycles. The average Bonchev–Trinajstić information content (AvgIpc) is 2.84. The predicted molar refractivity (Wildman–Crippen MR) is 184 cm³/mol. The van der Waals surface area contributed by atoms with Gasteiger partial charge in [0.25, 0.3) is 0 Å². The summed E-state index contributed by atoms with van der Waals surface area (Å²) in [6, 6.07) is 0. The smallest absolute Gasteiger partial charge is 0.0729 e. The quantitative estimate of drug-likeness (QED) is 0.144. The Kier molecular flexibility index (Phi) is 16.0. The summed E-state index contributed by atoms with van der Waals surface area (Å²) < 4.78 is 0. The van der Waals surface area contributed by atoms with Gasteiger partial charge in [-0.3, -0.25) is 0 Å². The summed E-state index contributed by atoms with van der Waals surface area (Å²) in [7, 11) is 0. The van der Waals surface area contributed by atoms with Gasteiger partial charge in [0.2, 0.25) is 0 Å². The summed E-state index contributed by atoms with van der Waals surface area (Å²) in [6.45, 7) is 21.6. The molecule has 0 aromatic rings. The van der Waals surface area contributed by atoms with E-state index in [2.05, 4.69) is 154 Å². The maximum atomic E-state index is 10.1. The molecule has 0 spiro atoms. The molecule has 0 aliphatic heterocycles. The molecular formula is C40H56FeO2. The molecule has 0 saturated carbocycles. The Labute approximate surface area is 274 Å². The molecule has 0 heterocycles. The van der Waals surface area contributed by atoms with Crippen molar-refractivity contribution in [3.05, 3.63) is 130 Å². The van der Waals surface area contributed by atoms with Crippen molar-refractivity contribution < 1.29 is 27.3 Å². The van der Waals surface area contributed by atoms with E-state index in [1.165, 1.54) is 39.0 Å². The fourth-order valence-electron chi connectivity index (χ4n) is 6.14. The van der Waals surface area contributed by atoms with Gasteiger partial charge in [-0.15, -0.1) is 0 Å². The molecule has 236 valence electrons. The molecule has 2 aliphatic carbocycles. The van der Waals surface area contributed by atoms with E-state index in [0.717, 1.165) is 19.3 Å². The molecule has 0 amide bonds. The number of rotatable bonds is 10. The van der Waals surface area contributed by atoms with Crippen LogP contribution in [0.4, 0.5) is 0 Å². The van der Waals surface area contributed by atoms with Crippen LogP contribution >= 0.6 is 0 Å². The Morgan fingerprint density at radius 1 is 0.721 bits per heavy atom. The minimum atomic E-state index is -0.331. The molecule has 0 bridgehead atoms. The predicted octanol–water partition coefficient (Wildman–Crippen LogP) is 10.4. The molecule has 0 unspecified atom stereocenters. The molecular weight excluding hydrogens is 568 g/mol. The van der Waals surface area contributed by atoms with Gasteiger partial charge in [-0.2, -0.15) is 0 Å². The second kappa shape index (κ2) is 17.8. The van der Waals surface area contributed by atoms with E-state index in [9.17, 15) is 10.2 Å². The number of allylic oxidation sites excluding steroid dienone is 20. The average molecular weight is 625 g/mol. The van der Waals surface area contributed by atoms with Gasteiger partial charge >= 0.3 is 0 Å². The van der Waals surface area contributed by atoms with E-state index in [1.54, 1.807) is 0 Å². The molecule has 2 N–H and O–H groups in total. The van der Waals surface area contributed by atoms with Gasteiger partial charge in [0.15, 0.2) is 0 Å². The minimum Gasteiger partial charge on any atom is -0.393 e. The fourth-order valence-corrected chi connectivity index (χ4v) is 6.14. The van der Waals surface area contributed by atoms with Crippen LogP contribution < -0.4 is 0 Å². The van der Waals surface area contributed by atoms with Crippen molar-refractivity contribution in [2.75, 3.05) is 0 Å². The van der Waals surface area contributed by atoms with Crippen LogP contribution in [0.3, 0.4) is 0 Å². The summed E-state index contributed by atoms with van der Waals surface area (Å²) in [4.78, 5) is 0. The van der Waals surface area contributed by atoms with Crippen LogP contribution in [0.2, 0.25) is 0 Å². The van der Waals surface area contributed by atoms with Crippen molar-refractivity contribution in [2.45, 2.75) is 101 Å². The number of hydrogen-bond acceptors (Lipinski definition) is 2. The van der Waals surface area contributed by atoms with Crippen LogP contribution in [0.5, 0.6) is 0 Å². The third kappa shape index (κ3) is 13.4.